The Morgan fingerprint density at radius 2 is 2.04 bits per heavy atom. The molecule has 1 aromatic carbocycles. The molecule has 3 aromatic rings. The standard InChI is InChI=1S/C18H16N2OS2/c19-14-6-1-2-7-16(14)23-18(13-5-3-9-20-12-13)11-15(21)17-8-4-10-22-17/h1-10,12,18H,11,19H2. The van der Waals surface area contributed by atoms with Crippen LogP contribution in [0, 0.1) is 0 Å². The lowest BCUT2D eigenvalue weighted by molar-refractivity contribution is 0.0986. The van der Waals surface area contributed by atoms with E-state index in [1.807, 2.05) is 60.1 Å². The highest BCUT2D eigenvalue weighted by Gasteiger charge is 2.20. The Labute approximate surface area is 143 Å². The van der Waals surface area contributed by atoms with Gasteiger partial charge in [-0.15, -0.1) is 23.1 Å². The van der Waals surface area contributed by atoms with E-state index in [1.54, 1.807) is 18.0 Å². The van der Waals surface area contributed by atoms with Crippen LogP contribution in [-0.2, 0) is 0 Å². The van der Waals surface area contributed by atoms with Gasteiger partial charge in [-0.25, -0.2) is 0 Å². The van der Waals surface area contributed by atoms with E-state index >= 15 is 0 Å². The van der Waals surface area contributed by atoms with Crippen molar-refractivity contribution in [3.8, 4) is 0 Å². The minimum Gasteiger partial charge on any atom is -0.398 e. The monoisotopic (exact) mass is 340 g/mol. The molecular weight excluding hydrogens is 324 g/mol. The second-order valence-corrected chi connectivity index (χ2v) is 7.23. The summed E-state index contributed by atoms with van der Waals surface area (Å²) in [5.41, 5.74) is 7.82. The summed E-state index contributed by atoms with van der Waals surface area (Å²) in [6, 6.07) is 15.4. The minimum absolute atomic E-state index is 0.0111. The number of nitrogens with two attached hydrogens (primary N) is 1. The number of pyridine rings is 1. The van der Waals surface area contributed by atoms with Crippen molar-refractivity contribution in [1.82, 2.24) is 4.98 Å². The topological polar surface area (TPSA) is 56.0 Å². The number of hydrogen-bond donors (Lipinski definition) is 1. The first-order valence-electron chi connectivity index (χ1n) is 7.22. The Hall–Kier alpha value is -2.11. The van der Waals surface area contributed by atoms with Crippen LogP contribution in [0.4, 0.5) is 5.69 Å². The Balaban J connectivity index is 1.85. The highest BCUT2D eigenvalue weighted by atomic mass is 32.2. The average Bonchev–Trinajstić information content (AvgIpc) is 3.11. The predicted octanol–water partition coefficient (Wildman–Crippen LogP) is 4.83. The van der Waals surface area contributed by atoms with Gasteiger partial charge in [-0.05, 0) is 35.2 Å². The van der Waals surface area contributed by atoms with Crippen LogP contribution in [0.2, 0.25) is 0 Å². The van der Waals surface area contributed by atoms with Crippen LogP contribution >= 0.6 is 23.1 Å². The van der Waals surface area contributed by atoms with Crippen LogP contribution in [0.15, 0.2) is 71.2 Å². The molecule has 0 aliphatic carbocycles. The fourth-order valence-corrected chi connectivity index (χ4v) is 4.09. The molecule has 2 N–H and O–H groups in total. The number of ketones is 1. The lowest BCUT2D eigenvalue weighted by atomic mass is 10.1. The first-order valence-corrected chi connectivity index (χ1v) is 8.98. The molecule has 0 spiro atoms. The molecule has 0 saturated carbocycles. The van der Waals surface area contributed by atoms with Crippen LogP contribution in [0.1, 0.15) is 26.9 Å². The second-order valence-electron chi connectivity index (χ2n) is 5.04. The van der Waals surface area contributed by atoms with E-state index in [4.69, 9.17) is 5.73 Å². The third kappa shape index (κ3) is 4.00. The van der Waals surface area contributed by atoms with Crippen LogP contribution in [-0.4, -0.2) is 10.8 Å². The summed E-state index contributed by atoms with van der Waals surface area (Å²) in [5, 5.41) is 1.91. The van der Waals surface area contributed by atoms with Crippen molar-refractivity contribution >= 4 is 34.6 Å². The van der Waals surface area contributed by atoms with Gasteiger partial charge < -0.3 is 5.73 Å². The van der Waals surface area contributed by atoms with Gasteiger partial charge in [-0.3, -0.25) is 9.78 Å². The average molecular weight is 340 g/mol. The van der Waals surface area contributed by atoms with Crippen molar-refractivity contribution in [2.24, 2.45) is 0 Å². The summed E-state index contributed by atoms with van der Waals surface area (Å²) in [7, 11) is 0. The Kier molecular flexibility index (Phi) is 5.10. The molecule has 3 nitrogen and oxygen atoms in total. The molecule has 2 aromatic heterocycles. The molecule has 3 rings (SSSR count). The molecule has 0 aliphatic heterocycles. The maximum absolute atomic E-state index is 12.5. The van der Waals surface area contributed by atoms with Gasteiger partial charge in [0.15, 0.2) is 5.78 Å². The summed E-state index contributed by atoms with van der Waals surface area (Å²) in [5.74, 6) is 0.149. The van der Waals surface area contributed by atoms with Crippen molar-refractivity contribution in [3.63, 3.8) is 0 Å². The summed E-state index contributed by atoms with van der Waals surface area (Å²) in [4.78, 5) is 18.5. The number of Topliss-reactive ketones (excluding diaryl/α,β-unsaturated/α-hetero) is 1. The summed E-state index contributed by atoms with van der Waals surface area (Å²) in [6.07, 6.45) is 3.98. The van der Waals surface area contributed by atoms with Crippen LogP contribution in [0.25, 0.3) is 0 Å². The molecule has 0 amide bonds. The van der Waals surface area contributed by atoms with Gasteiger partial charge in [-0.1, -0.05) is 24.3 Å². The Morgan fingerprint density at radius 1 is 1.17 bits per heavy atom. The molecule has 1 unspecified atom stereocenters. The van der Waals surface area contributed by atoms with E-state index in [-0.39, 0.29) is 11.0 Å². The highest BCUT2D eigenvalue weighted by molar-refractivity contribution is 7.99. The molecule has 0 saturated heterocycles. The number of carbonyl (C=O) groups excluding carboxylic acids is 1. The lowest BCUT2D eigenvalue weighted by Gasteiger charge is -2.17. The fourth-order valence-electron chi connectivity index (χ4n) is 2.24. The normalized spacial score (nSPS) is 12.0. The molecule has 0 aliphatic rings. The smallest absolute Gasteiger partial charge is 0.174 e. The van der Waals surface area contributed by atoms with Crippen LogP contribution in [0.3, 0.4) is 0 Å². The van der Waals surface area contributed by atoms with Crippen molar-refractivity contribution in [1.29, 1.82) is 0 Å². The Morgan fingerprint density at radius 3 is 2.74 bits per heavy atom. The van der Waals surface area contributed by atoms with Crippen molar-refractivity contribution in [3.05, 3.63) is 76.7 Å². The van der Waals surface area contributed by atoms with Gasteiger partial charge in [-0.2, -0.15) is 0 Å². The number of aromatic nitrogens is 1. The minimum atomic E-state index is -0.0111. The number of para-hydroxylation sites is 1. The first kappa shape index (κ1) is 15.8. The summed E-state index contributed by atoms with van der Waals surface area (Å²) in [6.45, 7) is 0. The van der Waals surface area contributed by atoms with Gasteiger partial charge in [0.25, 0.3) is 0 Å². The van der Waals surface area contributed by atoms with Crippen molar-refractivity contribution < 1.29 is 4.79 Å². The zero-order chi connectivity index (χ0) is 16.1. The maximum Gasteiger partial charge on any atom is 0.174 e. The fraction of sp³-hybridized carbons (Fsp3) is 0.111. The van der Waals surface area contributed by atoms with E-state index in [1.165, 1.54) is 11.3 Å². The third-order valence-electron chi connectivity index (χ3n) is 3.41. The number of thiophene rings is 1. The number of carbonyl (C=O) groups is 1. The SMILES string of the molecule is Nc1ccccc1SC(CC(=O)c1cccs1)c1cccnc1. The van der Waals surface area contributed by atoms with Crippen molar-refractivity contribution in [2.75, 3.05) is 5.73 Å². The Bertz CT molecular complexity index is 773. The highest BCUT2D eigenvalue weighted by Crippen LogP contribution is 2.40. The predicted molar refractivity (Wildman–Crippen MR) is 97.0 cm³/mol. The molecule has 1 atom stereocenters. The van der Waals surface area contributed by atoms with Gasteiger partial charge in [0.2, 0.25) is 0 Å². The number of thioether (sulfide) groups is 1. The van der Waals surface area contributed by atoms with E-state index in [2.05, 4.69) is 4.98 Å². The van der Waals surface area contributed by atoms with E-state index in [9.17, 15) is 4.79 Å². The van der Waals surface area contributed by atoms with Gasteiger partial charge >= 0.3 is 0 Å². The van der Waals surface area contributed by atoms with Crippen molar-refractivity contribution in [2.45, 2.75) is 16.6 Å². The summed E-state index contributed by atoms with van der Waals surface area (Å²) >= 11 is 3.09. The number of nitrogens with zero attached hydrogens (tertiary/aromatic N) is 1. The van der Waals surface area contributed by atoms with Crippen LogP contribution < -0.4 is 5.73 Å². The molecule has 0 radical (unpaired) electrons. The van der Waals surface area contributed by atoms with E-state index in [0.717, 1.165) is 21.0 Å². The lowest BCUT2D eigenvalue weighted by Crippen LogP contribution is -2.05. The third-order valence-corrected chi connectivity index (χ3v) is 5.67. The van der Waals surface area contributed by atoms with E-state index < -0.39 is 0 Å². The van der Waals surface area contributed by atoms with E-state index in [0.29, 0.717) is 6.42 Å². The second kappa shape index (κ2) is 7.44. The molecule has 0 fully saturated rings. The van der Waals surface area contributed by atoms with Gasteiger partial charge in [0, 0.05) is 34.6 Å². The molecule has 23 heavy (non-hydrogen) atoms. The van der Waals surface area contributed by atoms with Gasteiger partial charge in [0.1, 0.15) is 0 Å². The largest absolute Gasteiger partial charge is 0.398 e. The number of hydrogen-bond acceptors (Lipinski definition) is 5. The quantitative estimate of drug-likeness (QED) is 0.397. The number of benzene rings is 1. The molecular formula is C18H16N2OS2. The van der Waals surface area contributed by atoms with Gasteiger partial charge in [0.05, 0.1) is 4.88 Å². The number of anilines is 1. The molecule has 5 heteroatoms. The molecule has 116 valence electrons. The summed E-state index contributed by atoms with van der Waals surface area (Å²) < 4.78 is 0. The zero-order valence-electron chi connectivity index (χ0n) is 12.4. The van der Waals surface area contributed by atoms with Crippen LogP contribution in [0.5, 0.6) is 0 Å². The zero-order valence-corrected chi connectivity index (χ0v) is 14.0. The number of nitrogen functional groups attached to an aromatic ring is 1. The maximum atomic E-state index is 12.5. The first-order chi connectivity index (χ1) is 11.2. The number of rotatable bonds is 6. The molecule has 0 bridgehead atoms. The molecule has 2 heterocycles.